The Bertz CT molecular complexity index is 3930. The smallest absolute Gasteiger partial charge is 0.268 e. The third kappa shape index (κ3) is 7.42. The van der Waals surface area contributed by atoms with Crippen LogP contribution in [0.5, 0.6) is 11.5 Å². The average Bonchev–Trinajstić information content (AvgIpc) is 3.95. The molecule has 0 bridgehead atoms. The molecule has 0 unspecified atom stereocenters. The van der Waals surface area contributed by atoms with E-state index in [1.807, 2.05) is 97.2 Å². The van der Waals surface area contributed by atoms with Gasteiger partial charge < -0.3 is 13.9 Å². The molecule has 312 valence electrons. The zero-order valence-electron chi connectivity index (χ0n) is 44.8. The van der Waals surface area contributed by atoms with E-state index in [1.165, 1.54) is 0 Å². The summed E-state index contributed by atoms with van der Waals surface area (Å²) in [6, 6.07) is 43.5. The van der Waals surface area contributed by atoms with E-state index in [2.05, 4.69) is 62.0 Å². The van der Waals surface area contributed by atoms with E-state index in [9.17, 15) is 0 Å². The molecule has 3 heterocycles. The summed E-state index contributed by atoms with van der Waals surface area (Å²) in [7, 11) is 0. The number of fused-ring (bicyclic) bond motifs is 4. The molecule has 0 atom stereocenters. The van der Waals surface area contributed by atoms with Gasteiger partial charge in [-0.3, -0.25) is 4.57 Å². The SMILES string of the molecule is [2H]c1c([2H])c([2H])c(-c2cccc(-c3c([2H])c([2H])c([2H])c([2H])c3[2H])c2-[n+]2[c-]n(-c3[c-]c(Oc4[c-]c5c(cc4)c4ccccc4n5-c4cc(C(C)(C)C)ccn4)ccc3)c3ccc(-c4ccccc4)cc32)c([2H])c1[2H].[Pt]. The zero-order chi connectivity index (χ0) is 51.2. The summed E-state index contributed by atoms with van der Waals surface area (Å²) >= 11 is 0. The van der Waals surface area contributed by atoms with Crippen LogP contribution in [0.2, 0.25) is 0 Å². The second-order valence-corrected chi connectivity index (χ2v) is 16.1. The second-order valence-electron chi connectivity index (χ2n) is 16.1. The number of imidazole rings is 1. The van der Waals surface area contributed by atoms with Gasteiger partial charge in [0.05, 0.1) is 30.4 Å². The van der Waals surface area contributed by atoms with Crippen LogP contribution in [-0.4, -0.2) is 14.1 Å². The summed E-state index contributed by atoms with van der Waals surface area (Å²) in [5.41, 5.74) is 6.20. The summed E-state index contributed by atoms with van der Waals surface area (Å²) < 4.78 is 100. The normalized spacial score (nSPS) is 13.7. The van der Waals surface area contributed by atoms with Crippen molar-refractivity contribution in [1.82, 2.24) is 14.1 Å². The number of hydrogen-bond acceptors (Lipinski definition) is 2. The average molecular weight is 1020 g/mol. The molecule has 3 aromatic heterocycles. The molecule has 0 saturated heterocycles. The molecular weight excluding hydrogens is 964 g/mol. The van der Waals surface area contributed by atoms with E-state index < -0.39 is 60.4 Å². The number of nitrogens with zero attached hydrogens (tertiary/aromatic N) is 4. The predicted molar refractivity (Wildman–Crippen MR) is 255 cm³/mol. The van der Waals surface area contributed by atoms with E-state index >= 15 is 0 Å². The monoisotopic (exact) mass is 1020 g/mol. The van der Waals surface area contributed by atoms with Crippen molar-refractivity contribution in [2.24, 2.45) is 0 Å². The van der Waals surface area contributed by atoms with Crippen LogP contribution >= 0.6 is 0 Å². The molecule has 64 heavy (non-hydrogen) atoms. The molecule has 0 aliphatic carbocycles. The van der Waals surface area contributed by atoms with Gasteiger partial charge in [-0.15, -0.1) is 29.7 Å². The van der Waals surface area contributed by atoms with Gasteiger partial charge in [-0.1, -0.05) is 166 Å². The van der Waals surface area contributed by atoms with Crippen molar-refractivity contribution < 1.29 is 44.1 Å². The first kappa shape index (κ1) is 30.7. The predicted octanol–water partition coefficient (Wildman–Crippen LogP) is 13.9. The fraction of sp³-hybridized carbons (Fsp3) is 0.0690. The van der Waals surface area contributed by atoms with Gasteiger partial charge in [0, 0.05) is 44.3 Å². The zero-order valence-corrected chi connectivity index (χ0v) is 37.1. The molecule has 0 amide bonds. The summed E-state index contributed by atoms with van der Waals surface area (Å²) in [6.07, 6.45) is 5.30. The topological polar surface area (TPSA) is 35.9 Å². The van der Waals surface area contributed by atoms with Gasteiger partial charge in [-0.2, -0.15) is 18.2 Å². The summed E-state index contributed by atoms with van der Waals surface area (Å²) in [5.74, 6) is 1.53. The Balaban J connectivity index is 0.00000626. The van der Waals surface area contributed by atoms with E-state index in [0.29, 0.717) is 28.2 Å². The maximum absolute atomic E-state index is 9.13. The van der Waals surface area contributed by atoms with Crippen LogP contribution < -0.4 is 9.30 Å². The Kier molecular flexibility index (Phi) is 8.03. The molecule has 8 aromatic carbocycles. The number of hydrogen-bond donors (Lipinski definition) is 0. The minimum Gasteiger partial charge on any atom is -0.510 e. The molecule has 0 aliphatic heterocycles. The third-order valence-corrected chi connectivity index (χ3v) is 11.2. The van der Waals surface area contributed by atoms with Crippen LogP contribution in [0.1, 0.15) is 40.0 Å². The number of benzene rings is 8. The van der Waals surface area contributed by atoms with Gasteiger partial charge in [-0.25, -0.2) is 4.98 Å². The molecule has 11 rings (SSSR count). The Hall–Kier alpha value is -7.33. The number of rotatable bonds is 8. The van der Waals surface area contributed by atoms with Crippen LogP contribution in [0.25, 0.3) is 83.4 Å². The molecular formula is C58H42N4OPt-2. The van der Waals surface area contributed by atoms with Crippen molar-refractivity contribution in [2.75, 3.05) is 0 Å². The van der Waals surface area contributed by atoms with Crippen LogP contribution in [0.15, 0.2) is 200 Å². The van der Waals surface area contributed by atoms with E-state index in [1.54, 1.807) is 33.4 Å². The number of pyridine rings is 1. The minimum absolute atomic E-state index is 0. The van der Waals surface area contributed by atoms with Crippen molar-refractivity contribution >= 4 is 32.8 Å². The van der Waals surface area contributed by atoms with E-state index in [0.717, 1.165) is 44.3 Å². The molecule has 6 heteroatoms. The Labute approximate surface area is 401 Å². The van der Waals surface area contributed by atoms with Crippen LogP contribution in [0.3, 0.4) is 0 Å². The van der Waals surface area contributed by atoms with Gasteiger partial charge in [0.1, 0.15) is 5.82 Å². The minimum atomic E-state index is -0.578. The summed E-state index contributed by atoms with van der Waals surface area (Å²) in [6.45, 7) is 6.51. The quantitative estimate of drug-likeness (QED) is 0.112. The van der Waals surface area contributed by atoms with Gasteiger partial charge in [0.25, 0.3) is 6.33 Å². The Morgan fingerprint density at radius 3 is 2.02 bits per heavy atom. The number of ether oxygens (including phenoxy) is 1. The third-order valence-electron chi connectivity index (χ3n) is 11.2. The summed E-state index contributed by atoms with van der Waals surface area (Å²) in [5, 5.41) is 2.02. The van der Waals surface area contributed by atoms with Crippen LogP contribution in [-0.2, 0) is 26.5 Å². The van der Waals surface area contributed by atoms with Gasteiger partial charge in [-0.05, 0) is 79.7 Å². The van der Waals surface area contributed by atoms with Crippen LogP contribution in [0.4, 0.5) is 0 Å². The van der Waals surface area contributed by atoms with Crippen molar-refractivity contribution in [2.45, 2.75) is 26.2 Å². The molecule has 0 spiro atoms. The Morgan fingerprint density at radius 2 is 1.28 bits per heavy atom. The fourth-order valence-corrected chi connectivity index (χ4v) is 8.14. The summed E-state index contributed by atoms with van der Waals surface area (Å²) in [4.78, 5) is 4.81. The standard InChI is InChI=1S/C58H42N4O.Pt/c1-58(2,3)44-33-34-59-56(36-44)62-52-28-14-13-25-50(52)51-31-30-47(38-54(51)62)63-46-24-15-23-45(37-46)60-39-61(55-35-43(29-32-53(55)60)40-17-7-4-8-18-40)57-48(41-19-9-5-10-20-41)26-16-27-49(57)42-21-11-6-12-22-42;/h4-36H,1-3H3;/q-2;/i5D,6D,9D,10D,11D,12D,19D,20D,21D,22D;. The molecule has 0 radical (unpaired) electrons. The van der Waals surface area contributed by atoms with E-state index in [4.69, 9.17) is 23.4 Å². The largest absolute Gasteiger partial charge is 0.510 e. The first-order valence-corrected chi connectivity index (χ1v) is 20.5. The number of aromatic nitrogens is 4. The maximum Gasteiger partial charge on any atom is 0.268 e. The maximum atomic E-state index is 9.13. The molecule has 0 fully saturated rings. The molecule has 5 nitrogen and oxygen atoms in total. The first-order chi connectivity index (χ1) is 35.0. The van der Waals surface area contributed by atoms with Crippen molar-refractivity contribution in [3.05, 3.63) is 224 Å². The second kappa shape index (κ2) is 16.7. The van der Waals surface area contributed by atoms with Crippen molar-refractivity contribution in [1.29, 1.82) is 0 Å². The van der Waals surface area contributed by atoms with Crippen molar-refractivity contribution in [3.63, 3.8) is 0 Å². The molecule has 0 N–H and O–H groups in total. The molecule has 0 saturated carbocycles. The molecule has 0 aliphatic rings. The molecule has 11 aromatic rings. The Morgan fingerprint density at radius 1 is 0.594 bits per heavy atom. The van der Waals surface area contributed by atoms with E-state index in [-0.39, 0.29) is 54.4 Å². The van der Waals surface area contributed by atoms with Gasteiger partial charge in [0.2, 0.25) is 0 Å². The van der Waals surface area contributed by atoms with Crippen LogP contribution in [0, 0.1) is 18.5 Å². The number of para-hydroxylation sites is 2. The van der Waals surface area contributed by atoms with Gasteiger partial charge >= 0.3 is 0 Å². The van der Waals surface area contributed by atoms with Gasteiger partial charge in [0.15, 0.2) is 0 Å². The first-order valence-electron chi connectivity index (χ1n) is 25.5. The fourth-order valence-electron chi connectivity index (χ4n) is 8.14. The van der Waals surface area contributed by atoms with Crippen molar-refractivity contribution in [3.8, 4) is 62.1 Å².